The number of imide groups is 2. The molecule has 2 aromatic carbocycles. The van der Waals surface area contributed by atoms with Crippen LogP contribution in [0.5, 0.6) is 0 Å². The van der Waals surface area contributed by atoms with Gasteiger partial charge >= 0.3 is 0 Å². The highest BCUT2D eigenvalue weighted by molar-refractivity contribution is 9.09. The van der Waals surface area contributed by atoms with Crippen LogP contribution in [0.4, 0.5) is 8.78 Å². The highest BCUT2D eigenvalue weighted by Crippen LogP contribution is 2.29. The second-order valence-electron chi connectivity index (χ2n) is 16.8. The molecule has 4 aliphatic rings. The third-order valence-corrected chi connectivity index (χ3v) is 12.9. The lowest BCUT2D eigenvalue weighted by molar-refractivity contribution is 0.0508. The van der Waals surface area contributed by atoms with E-state index in [4.69, 9.17) is 0 Å². The van der Waals surface area contributed by atoms with Crippen molar-refractivity contribution in [3.05, 3.63) is 129 Å². The SMILES string of the molecule is CCC(C)(C)N1CCc2[nH]ncc2C1=O.CCC(C)(C)N1CCc2nn(C/C(=C/F)CN3C(=O)c4ccccc4C3=O)cc2C1=O.O=C1c2ccccc2C(=O)N1C/C(=C\F)CBr. The van der Waals surface area contributed by atoms with Crippen molar-refractivity contribution in [3.8, 4) is 0 Å². The summed E-state index contributed by atoms with van der Waals surface area (Å²) in [6, 6.07) is 13.1. The summed E-state index contributed by atoms with van der Waals surface area (Å²) in [5.74, 6) is -1.58. The molecule has 0 spiro atoms. The third-order valence-electron chi connectivity index (χ3n) is 12.2. The maximum atomic E-state index is 13.7. The summed E-state index contributed by atoms with van der Waals surface area (Å²) in [6.45, 7) is 13.7. The first-order chi connectivity index (χ1) is 30.0. The predicted octanol–water partition coefficient (Wildman–Crippen LogP) is 7.35. The van der Waals surface area contributed by atoms with Gasteiger partial charge in [0.2, 0.25) is 0 Å². The molecule has 6 amide bonds. The molecule has 14 nitrogen and oxygen atoms in total. The van der Waals surface area contributed by atoms with E-state index < -0.39 is 11.8 Å². The van der Waals surface area contributed by atoms with Crippen molar-refractivity contribution in [1.29, 1.82) is 0 Å². The average Bonchev–Trinajstić information content (AvgIpc) is 4.05. The van der Waals surface area contributed by atoms with E-state index >= 15 is 0 Å². The van der Waals surface area contributed by atoms with Crippen LogP contribution in [0.2, 0.25) is 0 Å². The Hall–Kier alpha value is -6.10. The molecule has 4 aliphatic heterocycles. The van der Waals surface area contributed by atoms with Crippen LogP contribution < -0.4 is 0 Å². The van der Waals surface area contributed by atoms with Gasteiger partial charge in [-0.2, -0.15) is 10.2 Å². The van der Waals surface area contributed by atoms with E-state index in [-0.39, 0.29) is 65.2 Å². The van der Waals surface area contributed by atoms with Crippen LogP contribution >= 0.6 is 15.9 Å². The molecular formula is C46H51BrF2N8O6. The summed E-state index contributed by atoms with van der Waals surface area (Å²) in [6.07, 6.45) is 7.38. The lowest BCUT2D eigenvalue weighted by Crippen LogP contribution is -2.50. The van der Waals surface area contributed by atoms with Crippen LogP contribution in [-0.4, -0.2) is 118 Å². The molecule has 0 atom stereocenters. The zero-order valence-electron chi connectivity index (χ0n) is 36.2. The molecule has 0 unspecified atom stereocenters. The fourth-order valence-electron chi connectivity index (χ4n) is 7.67. The van der Waals surface area contributed by atoms with Gasteiger partial charge in [-0.1, -0.05) is 54.0 Å². The van der Waals surface area contributed by atoms with Gasteiger partial charge in [-0.25, -0.2) is 8.78 Å². The number of halogens is 3. The minimum Gasteiger partial charge on any atom is -0.333 e. The Kier molecular flexibility index (Phi) is 14.1. The fraction of sp³-hybridized carbons (Fsp3) is 0.391. The number of aromatic amines is 1. The number of hydrogen-bond donors (Lipinski definition) is 1. The number of benzene rings is 2. The van der Waals surface area contributed by atoms with Gasteiger partial charge in [0.05, 0.1) is 77.6 Å². The standard InChI is InChI=1S/C23H25FN4O3.C12H9BrFNO2.C11H17N3O/c1-4-23(2,3)28-10-9-19-18(22(28)31)14-26(25-19)12-15(11-24)13-27-20(29)16-7-5-6-8-17(16)21(27)30;13-5-8(6-14)7-15-11(16)9-3-1-2-4-10(9)12(15)17;1-4-11(2,3)14-6-5-9-8(10(14)15)7-12-13-9/h5-8,11,14H,4,9-10,12-13H2,1-3H3;1-4,6H,5,7H2;7H,4-6H2,1-3H3,(H,12,13)/b15-11-;8-6-;. The Morgan fingerprint density at radius 2 is 1.10 bits per heavy atom. The first-order valence-electron chi connectivity index (χ1n) is 20.8. The number of nitrogens with zero attached hydrogens (tertiary/aromatic N) is 7. The average molecular weight is 930 g/mol. The summed E-state index contributed by atoms with van der Waals surface area (Å²) in [5, 5.41) is 11.5. The molecule has 17 heteroatoms. The maximum absolute atomic E-state index is 13.7. The number of amides is 6. The summed E-state index contributed by atoms with van der Waals surface area (Å²) in [4.78, 5) is 79.9. The third kappa shape index (κ3) is 9.33. The van der Waals surface area contributed by atoms with E-state index in [1.54, 1.807) is 60.9 Å². The number of alkyl halides is 1. The largest absolute Gasteiger partial charge is 0.333 e. The van der Waals surface area contributed by atoms with E-state index in [0.29, 0.717) is 64.7 Å². The molecule has 1 N–H and O–H groups in total. The lowest BCUT2D eigenvalue weighted by atomic mass is 9.95. The molecule has 0 saturated carbocycles. The molecule has 0 radical (unpaired) electrons. The van der Waals surface area contributed by atoms with Crippen LogP contribution in [0.15, 0.2) is 84.7 Å². The molecule has 0 saturated heterocycles. The molecule has 8 rings (SSSR count). The first-order valence-corrected chi connectivity index (χ1v) is 21.9. The lowest BCUT2D eigenvalue weighted by Gasteiger charge is -2.40. The van der Waals surface area contributed by atoms with Crippen molar-refractivity contribution in [2.24, 2.45) is 0 Å². The highest BCUT2D eigenvalue weighted by atomic mass is 79.9. The number of hydrogen-bond acceptors (Lipinski definition) is 8. The summed E-state index contributed by atoms with van der Waals surface area (Å²) >= 11 is 3.10. The normalized spacial score (nSPS) is 16.4. The van der Waals surface area contributed by atoms with Crippen LogP contribution in [0.1, 0.15) is 128 Å². The number of nitrogens with one attached hydrogen (secondary N) is 1. The van der Waals surface area contributed by atoms with Crippen LogP contribution in [0, 0.1) is 0 Å². The van der Waals surface area contributed by atoms with Gasteiger partial charge in [-0.15, -0.1) is 0 Å². The zero-order valence-corrected chi connectivity index (χ0v) is 37.8. The summed E-state index contributed by atoms with van der Waals surface area (Å²) in [5.41, 5.74) is 4.57. The van der Waals surface area contributed by atoms with Crippen molar-refractivity contribution in [2.75, 3.05) is 31.5 Å². The topological polar surface area (TPSA) is 162 Å². The monoisotopic (exact) mass is 928 g/mol. The Balaban J connectivity index is 0.000000174. The Labute approximate surface area is 373 Å². The quantitative estimate of drug-likeness (QED) is 0.121. The molecule has 332 valence electrons. The van der Waals surface area contributed by atoms with Crippen molar-refractivity contribution >= 4 is 51.4 Å². The maximum Gasteiger partial charge on any atom is 0.261 e. The van der Waals surface area contributed by atoms with Gasteiger partial charge in [0.15, 0.2) is 0 Å². The molecule has 63 heavy (non-hydrogen) atoms. The van der Waals surface area contributed by atoms with Gasteiger partial charge in [0.25, 0.3) is 35.4 Å². The van der Waals surface area contributed by atoms with Crippen LogP contribution in [0.3, 0.4) is 0 Å². The van der Waals surface area contributed by atoms with Gasteiger partial charge in [0, 0.05) is 54.2 Å². The number of carbonyl (C=O) groups is 6. The predicted molar refractivity (Wildman–Crippen MR) is 235 cm³/mol. The van der Waals surface area contributed by atoms with E-state index in [9.17, 15) is 37.5 Å². The molecule has 0 aliphatic carbocycles. The molecule has 4 aromatic rings. The van der Waals surface area contributed by atoms with Crippen molar-refractivity contribution < 1.29 is 37.5 Å². The fourth-order valence-corrected chi connectivity index (χ4v) is 7.97. The van der Waals surface area contributed by atoms with E-state index in [2.05, 4.69) is 52.0 Å². The van der Waals surface area contributed by atoms with Gasteiger partial charge in [-0.3, -0.25) is 48.3 Å². The highest BCUT2D eigenvalue weighted by Gasteiger charge is 2.39. The summed E-state index contributed by atoms with van der Waals surface area (Å²) in [7, 11) is 0. The minimum absolute atomic E-state index is 0.0197. The molecule has 2 aromatic heterocycles. The number of aromatic nitrogens is 4. The van der Waals surface area contributed by atoms with Crippen molar-refractivity contribution in [2.45, 2.75) is 84.8 Å². The van der Waals surface area contributed by atoms with E-state index in [1.807, 2.05) is 30.6 Å². The molecular weight excluding hydrogens is 878 g/mol. The van der Waals surface area contributed by atoms with Crippen molar-refractivity contribution in [3.63, 3.8) is 0 Å². The minimum atomic E-state index is -0.438. The van der Waals surface area contributed by atoms with Gasteiger partial charge in [0.1, 0.15) is 0 Å². The van der Waals surface area contributed by atoms with E-state index in [1.165, 1.54) is 4.68 Å². The second-order valence-corrected chi connectivity index (χ2v) is 17.4. The van der Waals surface area contributed by atoms with Gasteiger partial charge in [-0.05, 0) is 75.9 Å². The van der Waals surface area contributed by atoms with Crippen molar-refractivity contribution in [1.82, 2.24) is 39.6 Å². The Morgan fingerprint density at radius 1 is 0.651 bits per heavy atom. The molecule has 0 bridgehead atoms. The number of fused-ring (bicyclic) bond motifs is 4. The number of rotatable bonds is 11. The first kappa shape index (κ1) is 46.4. The Morgan fingerprint density at radius 3 is 1.54 bits per heavy atom. The smallest absolute Gasteiger partial charge is 0.261 e. The number of carbonyl (C=O) groups excluding carboxylic acids is 6. The van der Waals surface area contributed by atoms with Crippen LogP contribution in [-0.2, 0) is 19.4 Å². The number of H-pyrrole nitrogens is 1. The molecule has 6 heterocycles. The van der Waals surface area contributed by atoms with E-state index in [0.717, 1.165) is 46.9 Å². The molecule has 0 fully saturated rings. The second kappa shape index (κ2) is 19.1. The summed E-state index contributed by atoms with van der Waals surface area (Å²) < 4.78 is 27.6. The Bertz CT molecular complexity index is 2440. The zero-order chi connectivity index (χ0) is 45.8. The van der Waals surface area contributed by atoms with Gasteiger partial charge < -0.3 is 9.80 Å². The van der Waals surface area contributed by atoms with Crippen LogP contribution in [0.25, 0.3) is 0 Å².